The molecule has 1 aromatic rings. The minimum atomic E-state index is -0.338. The van der Waals surface area contributed by atoms with Crippen molar-refractivity contribution < 1.29 is 14.0 Å². The summed E-state index contributed by atoms with van der Waals surface area (Å²) in [4.78, 5) is 27.6. The van der Waals surface area contributed by atoms with Gasteiger partial charge in [-0.3, -0.25) is 9.59 Å². The van der Waals surface area contributed by atoms with Gasteiger partial charge in [0.25, 0.3) is 5.91 Å². The number of carbonyl (C=O) groups is 2. The second kappa shape index (κ2) is 6.12. The number of amides is 2. The Labute approximate surface area is 133 Å². The van der Waals surface area contributed by atoms with Gasteiger partial charge >= 0.3 is 0 Å². The number of hydrogen-bond acceptors (Lipinski definition) is 2. The van der Waals surface area contributed by atoms with E-state index in [9.17, 15) is 14.0 Å². The Kier molecular flexibility index (Phi) is 4.02. The predicted octanol–water partition coefficient (Wildman–Crippen LogP) is 2.48. The Balaban J connectivity index is 1.75. The van der Waals surface area contributed by atoms with Crippen molar-refractivity contribution in [2.45, 2.75) is 13.3 Å². The summed E-state index contributed by atoms with van der Waals surface area (Å²) in [5.41, 5.74) is 2.88. The SMILES string of the molecule is CC1=CC(=O)NC2=CC(=NC(=O)Cc3ccc(F)cc3)C=CC12. The van der Waals surface area contributed by atoms with Crippen molar-refractivity contribution in [1.29, 1.82) is 0 Å². The Morgan fingerprint density at radius 1 is 1.26 bits per heavy atom. The van der Waals surface area contributed by atoms with Crippen molar-refractivity contribution in [2.75, 3.05) is 0 Å². The van der Waals surface area contributed by atoms with Crippen LogP contribution in [0.25, 0.3) is 0 Å². The molecule has 0 saturated carbocycles. The lowest BCUT2D eigenvalue weighted by atomic mass is 9.89. The van der Waals surface area contributed by atoms with Crippen LogP contribution in [0.4, 0.5) is 4.39 Å². The first kappa shape index (κ1) is 15.1. The highest BCUT2D eigenvalue weighted by molar-refractivity contribution is 6.11. The van der Waals surface area contributed by atoms with E-state index in [2.05, 4.69) is 10.3 Å². The molecule has 0 bridgehead atoms. The zero-order valence-electron chi connectivity index (χ0n) is 12.5. The van der Waals surface area contributed by atoms with Gasteiger partial charge in [-0.25, -0.2) is 9.38 Å². The number of fused-ring (bicyclic) bond motifs is 1. The van der Waals surface area contributed by atoms with Crippen molar-refractivity contribution in [2.24, 2.45) is 10.9 Å². The third-order valence-electron chi connectivity index (χ3n) is 3.74. The van der Waals surface area contributed by atoms with E-state index in [1.807, 2.05) is 13.0 Å². The predicted molar refractivity (Wildman–Crippen MR) is 85.2 cm³/mol. The molecule has 1 N–H and O–H groups in total. The fourth-order valence-corrected chi connectivity index (χ4v) is 2.61. The highest BCUT2D eigenvalue weighted by Gasteiger charge is 2.23. The Bertz CT molecular complexity index is 786. The van der Waals surface area contributed by atoms with Gasteiger partial charge in [-0.2, -0.15) is 0 Å². The molecule has 0 spiro atoms. The molecule has 3 rings (SSSR count). The molecule has 1 aromatic carbocycles. The monoisotopic (exact) mass is 310 g/mol. The van der Waals surface area contributed by atoms with Crippen molar-refractivity contribution in [3.8, 4) is 0 Å². The molecule has 0 radical (unpaired) electrons. The number of rotatable bonds is 2. The van der Waals surface area contributed by atoms with Crippen LogP contribution in [0.3, 0.4) is 0 Å². The van der Waals surface area contributed by atoms with Crippen LogP contribution in [0.2, 0.25) is 0 Å². The summed E-state index contributed by atoms with van der Waals surface area (Å²) in [6.45, 7) is 1.89. The number of carbonyl (C=O) groups excluding carboxylic acids is 2. The zero-order valence-corrected chi connectivity index (χ0v) is 12.5. The lowest BCUT2D eigenvalue weighted by Crippen LogP contribution is -2.32. The molecule has 2 amide bonds. The molecule has 2 aliphatic rings. The Hall–Kier alpha value is -2.82. The van der Waals surface area contributed by atoms with E-state index in [4.69, 9.17) is 0 Å². The molecule has 1 aliphatic carbocycles. The molecule has 0 fully saturated rings. The van der Waals surface area contributed by atoms with E-state index >= 15 is 0 Å². The topological polar surface area (TPSA) is 58.5 Å². The first-order valence-electron chi connectivity index (χ1n) is 7.26. The third kappa shape index (κ3) is 3.51. The summed E-state index contributed by atoms with van der Waals surface area (Å²) < 4.78 is 12.8. The van der Waals surface area contributed by atoms with E-state index < -0.39 is 0 Å². The molecule has 0 aromatic heterocycles. The van der Waals surface area contributed by atoms with Crippen LogP contribution >= 0.6 is 0 Å². The third-order valence-corrected chi connectivity index (χ3v) is 3.74. The minimum Gasteiger partial charge on any atom is -0.325 e. The van der Waals surface area contributed by atoms with E-state index in [-0.39, 0.29) is 30.0 Å². The smallest absolute Gasteiger partial charge is 0.250 e. The maximum absolute atomic E-state index is 12.8. The molecule has 116 valence electrons. The molecule has 1 atom stereocenters. The van der Waals surface area contributed by atoms with Crippen LogP contribution in [0.1, 0.15) is 12.5 Å². The van der Waals surface area contributed by atoms with Gasteiger partial charge in [-0.15, -0.1) is 0 Å². The molecular weight excluding hydrogens is 295 g/mol. The van der Waals surface area contributed by atoms with E-state index in [0.29, 0.717) is 11.3 Å². The lowest BCUT2D eigenvalue weighted by Gasteiger charge is -2.25. The molecule has 4 nitrogen and oxygen atoms in total. The highest BCUT2D eigenvalue weighted by Crippen LogP contribution is 2.26. The van der Waals surface area contributed by atoms with Gasteiger partial charge in [0.1, 0.15) is 5.82 Å². The first-order chi connectivity index (χ1) is 11.0. The summed E-state index contributed by atoms with van der Waals surface area (Å²) >= 11 is 0. The second-order valence-corrected chi connectivity index (χ2v) is 5.55. The highest BCUT2D eigenvalue weighted by atomic mass is 19.1. The molecule has 23 heavy (non-hydrogen) atoms. The van der Waals surface area contributed by atoms with Gasteiger partial charge in [0.2, 0.25) is 5.91 Å². The van der Waals surface area contributed by atoms with Gasteiger partial charge < -0.3 is 5.32 Å². The Morgan fingerprint density at radius 2 is 2.00 bits per heavy atom. The van der Waals surface area contributed by atoms with Crippen molar-refractivity contribution in [1.82, 2.24) is 5.32 Å². The van der Waals surface area contributed by atoms with Gasteiger partial charge in [-0.1, -0.05) is 23.8 Å². The summed E-state index contributed by atoms with van der Waals surface area (Å²) in [7, 11) is 0. The quantitative estimate of drug-likeness (QED) is 0.912. The van der Waals surface area contributed by atoms with E-state index in [1.165, 1.54) is 12.1 Å². The normalized spacial score (nSPS) is 21.4. The number of allylic oxidation sites excluding steroid dienone is 3. The van der Waals surface area contributed by atoms with E-state index in [1.54, 1.807) is 30.4 Å². The van der Waals surface area contributed by atoms with Crippen LogP contribution in [0, 0.1) is 11.7 Å². The number of hydrogen-bond donors (Lipinski definition) is 1. The van der Waals surface area contributed by atoms with Gasteiger partial charge in [0.05, 0.1) is 12.1 Å². The van der Waals surface area contributed by atoms with Gasteiger partial charge in [0, 0.05) is 17.7 Å². The number of benzene rings is 1. The average molecular weight is 310 g/mol. The standard InChI is InChI=1S/C18H15FN2O2/c1-11-8-17(22)21-16-10-14(6-7-15(11)16)20-18(23)9-12-2-4-13(19)5-3-12/h2-8,10,15H,9H2,1H3,(H,21,22). The van der Waals surface area contributed by atoms with Crippen molar-refractivity contribution in [3.63, 3.8) is 0 Å². The molecular formula is C18H15FN2O2. The molecule has 0 saturated heterocycles. The molecule has 1 aliphatic heterocycles. The largest absolute Gasteiger partial charge is 0.325 e. The number of nitrogens with zero attached hydrogens (tertiary/aromatic N) is 1. The second-order valence-electron chi connectivity index (χ2n) is 5.55. The van der Waals surface area contributed by atoms with Crippen LogP contribution in [-0.4, -0.2) is 17.5 Å². The lowest BCUT2D eigenvalue weighted by molar-refractivity contribution is -0.117. The number of halogens is 1. The Morgan fingerprint density at radius 3 is 2.74 bits per heavy atom. The molecule has 1 unspecified atom stereocenters. The fraction of sp³-hybridized carbons (Fsp3) is 0.167. The fourth-order valence-electron chi connectivity index (χ4n) is 2.61. The van der Waals surface area contributed by atoms with Gasteiger partial charge in [-0.05, 0) is 36.8 Å². The maximum Gasteiger partial charge on any atom is 0.250 e. The van der Waals surface area contributed by atoms with Crippen LogP contribution in [0.15, 0.2) is 64.8 Å². The maximum atomic E-state index is 12.8. The summed E-state index contributed by atoms with van der Waals surface area (Å²) in [6, 6.07) is 5.76. The molecule has 5 heteroatoms. The van der Waals surface area contributed by atoms with Gasteiger partial charge in [0.15, 0.2) is 0 Å². The summed E-state index contributed by atoms with van der Waals surface area (Å²) in [6.07, 6.45) is 7.06. The van der Waals surface area contributed by atoms with Crippen molar-refractivity contribution in [3.05, 3.63) is 71.2 Å². The van der Waals surface area contributed by atoms with Crippen LogP contribution in [-0.2, 0) is 16.0 Å². The number of aliphatic imine (C=N–C) groups is 1. The average Bonchev–Trinajstić information content (AvgIpc) is 2.49. The van der Waals surface area contributed by atoms with Crippen LogP contribution < -0.4 is 5.32 Å². The summed E-state index contributed by atoms with van der Waals surface area (Å²) in [5.74, 6) is -0.799. The zero-order chi connectivity index (χ0) is 16.4. The minimum absolute atomic E-state index is 0.0267. The van der Waals surface area contributed by atoms with Crippen LogP contribution in [0.5, 0.6) is 0 Å². The number of nitrogens with one attached hydrogen (secondary N) is 1. The van der Waals surface area contributed by atoms with E-state index in [0.717, 1.165) is 11.3 Å². The van der Waals surface area contributed by atoms with Crippen molar-refractivity contribution >= 4 is 17.5 Å². The first-order valence-corrected chi connectivity index (χ1v) is 7.26. The molecule has 1 heterocycles. The summed E-state index contributed by atoms with van der Waals surface area (Å²) in [5, 5.41) is 2.77.